The Balaban J connectivity index is 1.24. The van der Waals surface area contributed by atoms with Crippen LogP contribution >= 0.6 is 0 Å². The van der Waals surface area contributed by atoms with Gasteiger partial charge in [-0.15, -0.1) is 0 Å². The molecule has 1 heterocycles. The van der Waals surface area contributed by atoms with Crippen LogP contribution in [-0.2, 0) is 23.8 Å². The van der Waals surface area contributed by atoms with Crippen LogP contribution in [0, 0.1) is 23.2 Å². The first-order valence-electron chi connectivity index (χ1n) is 13.7. The lowest BCUT2D eigenvalue weighted by atomic mass is 9.94. The SMILES string of the molecule is C=CC(=O)OCCCCOc1ccc(C(=O)Oc2ccc(/C=C(\C#N)C(=O)O[C@H]3CCC4C3OC[C@H]4C)cc2)cc1. The molecule has 9 nitrogen and oxygen atoms in total. The molecule has 0 radical (unpaired) electrons. The van der Waals surface area contributed by atoms with Crippen molar-refractivity contribution in [1.29, 1.82) is 5.26 Å². The van der Waals surface area contributed by atoms with E-state index in [4.69, 9.17) is 23.7 Å². The smallest absolute Gasteiger partial charge is 0.349 e. The number of rotatable bonds is 12. The molecule has 0 spiro atoms. The maximum Gasteiger partial charge on any atom is 0.349 e. The molecule has 1 saturated carbocycles. The van der Waals surface area contributed by atoms with E-state index in [0.29, 0.717) is 67.1 Å². The number of benzene rings is 2. The van der Waals surface area contributed by atoms with Gasteiger partial charge in [0.2, 0.25) is 0 Å². The first-order valence-corrected chi connectivity index (χ1v) is 13.7. The number of carbonyl (C=O) groups excluding carboxylic acids is 3. The maximum atomic E-state index is 12.7. The van der Waals surface area contributed by atoms with Crippen LogP contribution in [0.1, 0.15) is 48.5 Å². The Labute approximate surface area is 239 Å². The van der Waals surface area contributed by atoms with Crippen molar-refractivity contribution in [3.63, 3.8) is 0 Å². The number of nitrogens with zero attached hydrogens (tertiary/aromatic N) is 1. The minimum Gasteiger partial charge on any atom is -0.494 e. The van der Waals surface area contributed by atoms with Gasteiger partial charge in [0.25, 0.3) is 0 Å². The molecule has 0 N–H and O–H groups in total. The number of hydrogen-bond acceptors (Lipinski definition) is 9. The number of carbonyl (C=O) groups is 3. The molecule has 4 rings (SSSR count). The van der Waals surface area contributed by atoms with Gasteiger partial charge in [0, 0.05) is 6.08 Å². The number of esters is 3. The molecule has 1 aliphatic carbocycles. The van der Waals surface area contributed by atoms with Crippen LogP contribution in [0.2, 0.25) is 0 Å². The van der Waals surface area contributed by atoms with Gasteiger partial charge in [-0.3, -0.25) is 0 Å². The van der Waals surface area contributed by atoms with Gasteiger partial charge in [-0.1, -0.05) is 25.6 Å². The largest absolute Gasteiger partial charge is 0.494 e. The van der Waals surface area contributed by atoms with Crippen LogP contribution in [0.15, 0.2) is 66.8 Å². The highest BCUT2D eigenvalue weighted by molar-refractivity contribution is 5.98. The van der Waals surface area contributed by atoms with Crippen molar-refractivity contribution < 1.29 is 38.1 Å². The predicted octanol–water partition coefficient (Wildman–Crippen LogP) is 5.06. The molecule has 41 heavy (non-hydrogen) atoms. The van der Waals surface area contributed by atoms with Gasteiger partial charge in [0.15, 0.2) is 0 Å². The Morgan fingerprint density at radius 1 is 1.02 bits per heavy atom. The van der Waals surface area contributed by atoms with Crippen molar-refractivity contribution >= 4 is 24.0 Å². The quantitative estimate of drug-likeness (QED) is 0.115. The summed E-state index contributed by atoms with van der Waals surface area (Å²) in [4.78, 5) is 36.2. The highest BCUT2D eigenvalue weighted by atomic mass is 16.6. The molecule has 2 aliphatic rings. The van der Waals surface area contributed by atoms with Gasteiger partial charge < -0.3 is 23.7 Å². The van der Waals surface area contributed by atoms with Crippen LogP contribution in [0.3, 0.4) is 0 Å². The number of hydrogen-bond donors (Lipinski definition) is 0. The van der Waals surface area contributed by atoms with E-state index in [1.54, 1.807) is 48.5 Å². The summed E-state index contributed by atoms with van der Waals surface area (Å²) in [5, 5.41) is 9.54. The molecule has 9 heteroatoms. The number of unbranched alkanes of at least 4 members (excludes halogenated alkanes) is 1. The molecule has 0 aromatic heterocycles. The van der Waals surface area contributed by atoms with E-state index in [2.05, 4.69) is 13.5 Å². The Hall–Kier alpha value is -4.42. The topological polar surface area (TPSA) is 121 Å². The average Bonchev–Trinajstić information content (AvgIpc) is 3.56. The Kier molecular flexibility index (Phi) is 10.3. The van der Waals surface area contributed by atoms with E-state index in [9.17, 15) is 19.6 Å². The average molecular weight is 560 g/mol. The molecular formula is C32H33NO8. The lowest BCUT2D eigenvalue weighted by Gasteiger charge is -2.18. The van der Waals surface area contributed by atoms with Gasteiger partial charge in [0.1, 0.15) is 29.2 Å². The van der Waals surface area contributed by atoms with Crippen molar-refractivity contribution in [3.8, 4) is 17.6 Å². The first-order chi connectivity index (χ1) is 19.9. The van der Waals surface area contributed by atoms with Crippen LogP contribution in [0.4, 0.5) is 0 Å². The van der Waals surface area contributed by atoms with E-state index >= 15 is 0 Å². The van der Waals surface area contributed by atoms with Crippen LogP contribution in [-0.4, -0.2) is 49.9 Å². The zero-order valence-corrected chi connectivity index (χ0v) is 23.0. The zero-order valence-electron chi connectivity index (χ0n) is 23.0. The van der Waals surface area contributed by atoms with Crippen LogP contribution < -0.4 is 9.47 Å². The number of nitriles is 1. The molecule has 2 aromatic carbocycles. The van der Waals surface area contributed by atoms with Crippen molar-refractivity contribution in [2.24, 2.45) is 11.8 Å². The van der Waals surface area contributed by atoms with Crippen molar-refractivity contribution in [2.45, 2.75) is 44.8 Å². The molecule has 0 amide bonds. The second kappa shape index (κ2) is 14.3. The van der Waals surface area contributed by atoms with E-state index in [1.807, 2.05) is 6.07 Å². The monoisotopic (exact) mass is 559 g/mol. The van der Waals surface area contributed by atoms with Crippen molar-refractivity contribution in [3.05, 3.63) is 77.9 Å². The van der Waals surface area contributed by atoms with E-state index in [-0.39, 0.29) is 17.8 Å². The normalized spacial score (nSPS) is 21.3. The Morgan fingerprint density at radius 2 is 1.73 bits per heavy atom. The van der Waals surface area contributed by atoms with Gasteiger partial charge >= 0.3 is 17.9 Å². The molecule has 0 bridgehead atoms. The van der Waals surface area contributed by atoms with Crippen LogP contribution in [0.5, 0.6) is 11.5 Å². The van der Waals surface area contributed by atoms with Gasteiger partial charge in [-0.25, -0.2) is 14.4 Å². The summed E-state index contributed by atoms with van der Waals surface area (Å²) in [6.45, 7) is 6.89. The second-order valence-corrected chi connectivity index (χ2v) is 10.0. The van der Waals surface area contributed by atoms with Crippen LogP contribution in [0.25, 0.3) is 6.08 Å². The third kappa shape index (κ3) is 8.05. The molecule has 1 aliphatic heterocycles. The molecule has 214 valence electrons. The fraction of sp³-hybridized carbons (Fsp3) is 0.375. The van der Waals surface area contributed by atoms with E-state index < -0.39 is 17.9 Å². The number of fused-ring (bicyclic) bond motifs is 1. The molecular weight excluding hydrogens is 526 g/mol. The fourth-order valence-electron chi connectivity index (χ4n) is 4.93. The highest BCUT2D eigenvalue weighted by Gasteiger charge is 2.46. The molecule has 4 atom stereocenters. The third-order valence-corrected chi connectivity index (χ3v) is 7.16. The Morgan fingerprint density at radius 3 is 2.44 bits per heavy atom. The zero-order chi connectivity index (χ0) is 29.2. The minimum absolute atomic E-state index is 0.0985. The predicted molar refractivity (Wildman–Crippen MR) is 149 cm³/mol. The summed E-state index contributed by atoms with van der Waals surface area (Å²) in [5.74, 6) is 0.1000. The molecule has 2 unspecified atom stereocenters. The van der Waals surface area contributed by atoms with Gasteiger partial charge in [-0.2, -0.15) is 5.26 Å². The summed E-state index contributed by atoms with van der Waals surface area (Å²) in [6, 6.07) is 15.0. The minimum atomic E-state index is -0.668. The van der Waals surface area contributed by atoms with Gasteiger partial charge in [0.05, 0.1) is 31.5 Å². The van der Waals surface area contributed by atoms with Gasteiger partial charge in [-0.05, 0) is 85.6 Å². The second-order valence-electron chi connectivity index (χ2n) is 10.0. The summed E-state index contributed by atoms with van der Waals surface area (Å²) >= 11 is 0. The molecule has 2 aromatic rings. The summed E-state index contributed by atoms with van der Waals surface area (Å²) in [5.41, 5.74) is 0.832. The fourth-order valence-corrected chi connectivity index (χ4v) is 4.93. The summed E-state index contributed by atoms with van der Waals surface area (Å²) in [6.07, 6.45) is 5.19. The van der Waals surface area contributed by atoms with Crippen molar-refractivity contribution in [1.82, 2.24) is 0 Å². The molecule has 1 saturated heterocycles. The lowest BCUT2D eigenvalue weighted by Crippen LogP contribution is -2.29. The van der Waals surface area contributed by atoms with E-state index in [1.165, 1.54) is 6.08 Å². The summed E-state index contributed by atoms with van der Waals surface area (Å²) < 4.78 is 27.4. The third-order valence-electron chi connectivity index (χ3n) is 7.16. The van der Waals surface area contributed by atoms with Crippen molar-refractivity contribution in [2.75, 3.05) is 19.8 Å². The number of ether oxygens (including phenoxy) is 5. The standard InChI is InChI=1S/C32H33NO8/c1-3-29(34)38-17-5-4-16-37-25-12-8-23(9-13-25)31(35)40-26-10-6-22(7-11-26)18-24(19-33)32(36)41-28-15-14-27-21(2)20-39-30(27)28/h3,6-13,18,21,27-28,30H,1,4-5,14-17,20H2,2H3/b24-18+/t21-,27?,28+,30?/m1/s1. The first kappa shape index (κ1) is 29.6. The summed E-state index contributed by atoms with van der Waals surface area (Å²) in [7, 11) is 0. The molecule has 2 fully saturated rings. The highest BCUT2D eigenvalue weighted by Crippen LogP contribution is 2.41. The Bertz CT molecular complexity index is 1310. The maximum absolute atomic E-state index is 12.7. The lowest BCUT2D eigenvalue weighted by molar-refractivity contribution is -0.149. The van der Waals surface area contributed by atoms with E-state index in [0.717, 1.165) is 18.9 Å².